The van der Waals surface area contributed by atoms with Crippen LogP contribution in [0.2, 0.25) is 0 Å². The summed E-state index contributed by atoms with van der Waals surface area (Å²) in [5.74, 6) is -0.117. The summed E-state index contributed by atoms with van der Waals surface area (Å²) < 4.78 is 1.93. The standard InChI is InChI=1S/C12H14N4O2/c1-15-6-5-14-11(15)8-16(2)9-3-4-13-10(7-9)12(17)18/h3-7H,8H2,1-2H3,(H,17,18). The largest absolute Gasteiger partial charge is 0.477 e. The summed E-state index contributed by atoms with van der Waals surface area (Å²) in [6, 6.07) is 3.32. The lowest BCUT2D eigenvalue weighted by molar-refractivity contribution is 0.0690. The van der Waals surface area contributed by atoms with Crippen molar-refractivity contribution in [3.63, 3.8) is 0 Å². The minimum atomic E-state index is -1.03. The molecule has 2 aromatic rings. The first kappa shape index (κ1) is 12.1. The Morgan fingerprint density at radius 3 is 2.83 bits per heavy atom. The van der Waals surface area contributed by atoms with Crippen LogP contribution in [0.15, 0.2) is 30.7 Å². The molecule has 0 unspecified atom stereocenters. The zero-order valence-corrected chi connectivity index (χ0v) is 10.2. The molecule has 6 nitrogen and oxygen atoms in total. The number of imidazole rings is 1. The van der Waals surface area contributed by atoms with Gasteiger partial charge in [-0.1, -0.05) is 0 Å². The van der Waals surface area contributed by atoms with Crippen LogP contribution in [-0.4, -0.2) is 32.7 Å². The average Bonchev–Trinajstić information content (AvgIpc) is 2.75. The Kier molecular flexibility index (Phi) is 3.27. The van der Waals surface area contributed by atoms with Crippen LogP contribution in [0, 0.1) is 0 Å². The van der Waals surface area contributed by atoms with Crippen LogP contribution >= 0.6 is 0 Å². The van der Waals surface area contributed by atoms with Crippen molar-refractivity contribution in [2.45, 2.75) is 6.54 Å². The quantitative estimate of drug-likeness (QED) is 0.876. The molecule has 18 heavy (non-hydrogen) atoms. The highest BCUT2D eigenvalue weighted by atomic mass is 16.4. The van der Waals surface area contributed by atoms with Gasteiger partial charge >= 0.3 is 5.97 Å². The van der Waals surface area contributed by atoms with Crippen molar-refractivity contribution in [3.8, 4) is 0 Å². The Hall–Kier alpha value is -2.37. The molecule has 1 N–H and O–H groups in total. The van der Waals surface area contributed by atoms with E-state index in [-0.39, 0.29) is 5.69 Å². The predicted octanol–water partition coefficient (Wildman–Crippen LogP) is 1.15. The second-order valence-corrected chi connectivity index (χ2v) is 4.01. The minimum absolute atomic E-state index is 0.0409. The van der Waals surface area contributed by atoms with E-state index in [2.05, 4.69) is 9.97 Å². The summed E-state index contributed by atoms with van der Waals surface area (Å²) in [6.45, 7) is 0.604. The molecule has 0 saturated carbocycles. The minimum Gasteiger partial charge on any atom is -0.477 e. The molecule has 0 aliphatic heterocycles. The van der Waals surface area contributed by atoms with E-state index in [0.29, 0.717) is 6.54 Å². The fourth-order valence-electron chi connectivity index (χ4n) is 1.63. The number of carbonyl (C=O) groups is 1. The molecular weight excluding hydrogens is 232 g/mol. The van der Waals surface area contributed by atoms with Gasteiger partial charge in [0.2, 0.25) is 0 Å². The number of aromatic nitrogens is 3. The van der Waals surface area contributed by atoms with Gasteiger partial charge in [-0.05, 0) is 12.1 Å². The van der Waals surface area contributed by atoms with Gasteiger partial charge in [0.05, 0.1) is 6.54 Å². The molecule has 0 aliphatic rings. The summed E-state index contributed by atoms with van der Waals surface area (Å²) in [6.07, 6.45) is 5.10. The maximum atomic E-state index is 10.8. The lowest BCUT2D eigenvalue weighted by Crippen LogP contribution is -2.19. The second kappa shape index (κ2) is 4.87. The van der Waals surface area contributed by atoms with E-state index in [1.165, 1.54) is 6.20 Å². The third kappa shape index (κ3) is 2.48. The summed E-state index contributed by atoms with van der Waals surface area (Å²) in [4.78, 5) is 20.8. The molecule has 0 saturated heterocycles. The summed E-state index contributed by atoms with van der Waals surface area (Å²) in [5, 5.41) is 8.89. The molecule has 0 atom stereocenters. The second-order valence-electron chi connectivity index (χ2n) is 4.01. The maximum Gasteiger partial charge on any atom is 0.354 e. The van der Waals surface area contributed by atoms with Gasteiger partial charge in [-0.3, -0.25) is 0 Å². The number of carboxylic acids is 1. The van der Waals surface area contributed by atoms with E-state index in [9.17, 15) is 4.79 Å². The SMILES string of the molecule is CN(Cc1nccn1C)c1ccnc(C(=O)O)c1. The summed E-state index contributed by atoms with van der Waals surface area (Å²) in [7, 11) is 3.81. The molecule has 0 aliphatic carbocycles. The van der Waals surface area contributed by atoms with Crippen LogP contribution in [0.5, 0.6) is 0 Å². The number of pyridine rings is 1. The molecule has 0 spiro atoms. The molecule has 6 heteroatoms. The van der Waals surface area contributed by atoms with Gasteiger partial charge in [0, 0.05) is 38.4 Å². The lowest BCUT2D eigenvalue weighted by atomic mass is 10.3. The Morgan fingerprint density at radius 2 is 2.22 bits per heavy atom. The van der Waals surface area contributed by atoms with E-state index in [1.807, 2.05) is 29.8 Å². The van der Waals surface area contributed by atoms with Crippen LogP contribution in [0.25, 0.3) is 0 Å². The van der Waals surface area contributed by atoms with Gasteiger partial charge in [0.25, 0.3) is 0 Å². The van der Waals surface area contributed by atoms with E-state index >= 15 is 0 Å². The van der Waals surface area contributed by atoms with Gasteiger partial charge in [0.1, 0.15) is 11.5 Å². The monoisotopic (exact) mass is 246 g/mol. The first-order valence-corrected chi connectivity index (χ1v) is 5.44. The van der Waals surface area contributed by atoms with Crippen LogP contribution in [0.1, 0.15) is 16.3 Å². The van der Waals surface area contributed by atoms with E-state index in [4.69, 9.17) is 5.11 Å². The number of nitrogens with zero attached hydrogens (tertiary/aromatic N) is 4. The topological polar surface area (TPSA) is 71.2 Å². The average molecular weight is 246 g/mol. The third-order valence-corrected chi connectivity index (χ3v) is 2.70. The fraction of sp³-hybridized carbons (Fsp3) is 0.250. The van der Waals surface area contributed by atoms with Crippen LogP contribution in [0.3, 0.4) is 0 Å². The number of anilines is 1. The maximum absolute atomic E-state index is 10.8. The van der Waals surface area contributed by atoms with E-state index in [0.717, 1.165) is 11.5 Å². The number of aryl methyl sites for hydroxylation is 1. The normalized spacial score (nSPS) is 10.3. The van der Waals surface area contributed by atoms with Crippen molar-refractivity contribution >= 4 is 11.7 Å². The molecule has 94 valence electrons. The molecule has 0 fully saturated rings. The van der Waals surface area contributed by atoms with E-state index < -0.39 is 5.97 Å². The highest BCUT2D eigenvalue weighted by Crippen LogP contribution is 2.15. The number of carboxylic acid groups (broad SMARTS) is 1. The Bertz CT molecular complexity index is 565. The first-order chi connectivity index (χ1) is 8.58. The van der Waals surface area contributed by atoms with Crippen LogP contribution in [-0.2, 0) is 13.6 Å². The molecule has 0 aromatic carbocycles. The van der Waals surface area contributed by atoms with Crippen molar-refractivity contribution in [1.29, 1.82) is 0 Å². The molecule has 2 heterocycles. The molecule has 0 amide bonds. The van der Waals surface area contributed by atoms with Crippen molar-refractivity contribution in [3.05, 3.63) is 42.2 Å². The van der Waals surface area contributed by atoms with Crippen LogP contribution < -0.4 is 4.90 Å². The molecule has 0 bridgehead atoms. The zero-order valence-electron chi connectivity index (χ0n) is 10.2. The Labute approximate surface area is 105 Å². The zero-order chi connectivity index (χ0) is 13.1. The Balaban J connectivity index is 2.18. The van der Waals surface area contributed by atoms with Gasteiger partial charge in [0.15, 0.2) is 0 Å². The summed E-state index contributed by atoms with van der Waals surface area (Å²) in [5.41, 5.74) is 0.838. The van der Waals surface area contributed by atoms with Gasteiger partial charge in [-0.15, -0.1) is 0 Å². The predicted molar refractivity (Wildman–Crippen MR) is 66.5 cm³/mol. The van der Waals surface area contributed by atoms with Crippen molar-refractivity contribution < 1.29 is 9.90 Å². The lowest BCUT2D eigenvalue weighted by Gasteiger charge is -2.18. The highest BCUT2D eigenvalue weighted by molar-refractivity contribution is 5.86. The van der Waals surface area contributed by atoms with Crippen LogP contribution in [0.4, 0.5) is 5.69 Å². The van der Waals surface area contributed by atoms with Gasteiger partial charge in [-0.2, -0.15) is 0 Å². The van der Waals surface area contributed by atoms with Crippen molar-refractivity contribution in [2.75, 3.05) is 11.9 Å². The highest BCUT2D eigenvalue weighted by Gasteiger charge is 2.09. The molecule has 2 rings (SSSR count). The number of hydrogen-bond donors (Lipinski definition) is 1. The molecule has 2 aromatic heterocycles. The first-order valence-electron chi connectivity index (χ1n) is 5.44. The molecular formula is C12H14N4O2. The van der Waals surface area contributed by atoms with Gasteiger partial charge < -0.3 is 14.6 Å². The smallest absolute Gasteiger partial charge is 0.354 e. The molecule has 0 radical (unpaired) electrons. The van der Waals surface area contributed by atoms with Crippen molar-refractivity contribution in [2.24, 2.45) is 7.05 Å². The Morgan fingerprint density at radius 1 is 1.44 bits per heavy atom. The van der Waals surface area contributed by atoms with Gasteiger partial charge in [-0.25, -0.2) is 14.8 Å². The summed E-state index contributed by atoms with van der Waals surface area (Å²) >= 11 is 0. The third-order valence-electron chi connectivity index (χ3n) is 2.70. The van der Waals surface area contributed by atoms with E-state index in [1.54, 1.807) is 18.3 Å². The van der Waals surface area contributed by atoms with Crippen molar-refractivity contribution in [1.82, 2.24) is 14.5 Å². The number of aromatic carboxylic acids is 1. The fourth-order valence-corrected chi connectivity index (χ4v) is 1.63. The number of rotatable bonds is 4. The number of hydrogen-bond acceptors (Lipinski definition) is 4.